The van der Waals surface area contributed by atoms with Crippen molar-refractivity contribution in [2.24, 2.45) is 0 Å². The number of anilines is 1. The van der Waals surface area contributed by atoms with Crippen molar-refractivity contribution in [3.05, 3.63) is 23.5 Å². The molecule has 2 amide bonds. The lowest BCUT2D eigenvalue weighted by atomic mass is 9.96. The van der Waals surface area contributed by atoms with Crippen LogP contribution in [-0.2, 0) is 22.9 Å². The Labute approximate surface area is 154 Å². The summed E-state index contributed by atoms with van der Waals surface area (Å²) in [4.78, 5) is 18.9. The molecule has 7 nitrogen and oxygen atoms in total. The number of likely N-dealkylation sites (tertiary alicyclic amines) is 1. The number of urea groups is 1. The average molecular weight is 378 g/mol. The number of aromatic nitrogens is 1. The summed E-state index contributed by atoms with van der Waals surface area (Å²) in [5.41, 5.74) is 3.10. The average Bonchev–Trinajstić information content (AvgIpc) is 3.01. The molecule has 0 unspecified atom stereocenters. The van der Waals surface area contributed by atoms with Crippen LogP contribution in [0.1, 0.15) is 43.4 Å². The molecule has 3 aliphatic rings. The lowest BCUT2D eigenvalue weighted by Crippen LogP contribution is -2.51. The minimum Gasteiger partial charge on any atom is -0.323 e. The fourth-order valence-electron chi connectivity index (χ4n) is 4.30. The monoisotopic (exact) mass is 378 g/mol. The van der Waals surface area contributed by atoms with Gasteiger partial charge in [-0.05, 0) is 56.6 Å². The number of nitrogens with zero attached hydrogens (tertiary/aromatic N) is 3. The van der Waals surface area contributed by atoms with Crippen molar-refractivity contribution in [1.82, 2.24) is 14.2 Å². The van der Waals surface area contributed by atoms with Gasteiger partial charge in [-0.1, -0.05) is 0 Å². The normalized spacial score (nSPS) is 25.7. The molecular formula is C18H26N4O3S. The van der Waals surface area contributed by atoms with Gasteiger partial charge < -0.3 is 10.2 Å². The van der Waals surface area contributed by atoms with Crippen LogP contribution in [0.25, 0.3) is 0 Å². The van der Waals surface area contributed by atoms with Crippen LogP contribution in [0.15, 0.2) is 12.3 Å². The van der Waals surface area contributed by atoms with Gasteiger partial charge in [-0.3, -0.25) is 4.98 Å². The van der Waals surface area contributed by atoms with Crippen molar-refractivity contribution < 1.29 is 13.2 Å². The molecule has 1 aromatic heterocycles. The van der Waals surface area contributed by atoms with E-state index in [0.29, 0.717) is 26.1 Å². The molecule has 2 aliphatic heterocycles. The van der Waals surface area contributed by atoms with Crippen LogP contribution in [0, 0.1) is 0 Å². The van der Waals surface area contributed by atoms with Gasteiger partial charge in [-0.25, -0.2) is 13.2 Å². The zero-order valence-corrected chi connectivity index (χ0v) is 15.8. The molecule has 2 fully saturated rings. The fraction of sp³-hybridized carbons (Fsp3) is 0.667. The Morgan fingerprint density at radius 2 is 2.00 bits per heavy atom. The molecule has 0 spiro atoms. The number of nitrogens with one attached hydrogen (secondary N) is 1. The number of sulfonamides is 1. The number of hydrogen-bond acceptors (Lipinski definition) is 4. The van der Waals surface area contributed by atoms with E-state index in [0.717, 1.165) is 37.1 Å². The molecule has 0 saturated carbocycles. The Morgan fingerprint density at radius 1 is 1.15 bits per heavy atom. The van der Waals surface area contributed by atoms with E-state index in [-0.39, 0.29) is 17.8 Å². The van der Waals surface area contributed by atoms with Gasteiger partial charge in [-0.2, -0.15) is 4.31 Å². The van der Waals surface area contributed by atoms with Crippen molar-refractivity contribution >= 4 is 21.7 Å². The van der Waals surface area contributed by atoms with Crippen LogP contribution in [0.2, 0.25) is 0 Å². The summed E-state index contributed by atoms with van der Waals surface area (Å²) in [6, 6.07) is 1.78. The first kappa shape index (κ1) is 17.7. The molecule has 0 radical (unpaired) electrons. The maximum atomic E-state index is 12.7. The Kier molecular flexibility index (Phi) is 4.88. The lowest BCUT2D eigenvalue weighted by molar-refractivity contribution is 0.163. The third kappa shape index (κ3) is 3.57. The molecule has 0 aromatic carbocycles. The van der Waals surface area contributed by atoms with Crippen LogP contribution in [0.4, 0.5) is 10.5 Å². The predicted octanol–water partition coefficient (Wildman–Crippen LogP) is 1.99. The zero-order chi connectivity index (χ0) is 18.1. The Hall–Kier alpha value is -1.67. The molecule has 26 heavy (non-hydrogen) atoms. The second-order valence-corrected chi connectivity index (χ2v) is 9.53. The van der Waals surface area contributed by atoms with Crippen LogP contribution >= 0.6 is 0 Å². The second kappa shape index (κ2) is 7.15. The highest BCUT2D eigenvalue weighted by Crippen LogP contribution is 2.25. The van der Waals surface area contributed by atoms with E-state index in [9.17, 15) is 13.2 Å². The maximum absolute atomic E-state index is 12.7. The number of piperidine rings is 1. The van der Waals surface area contributed by atoms with E-state index in [2.05, 4.69) is 10.3 Å². The highest BCUT2D eigenvalue weighted by Gasteiger charge is 2.37. The number of hydrogen-bond donors (Lipinski definition) is 1. The Bertz CT molecular complexity index is 796. The Morgan fingerprint density at radius 3 is 2.81 bits per heavy atom. The quantitative estimate of drug-likeness (QED) is 0.853. The standard InChI is InChI=1S/C18H26N4O3S/c23-18(20-15-11-14-5-1-2-7-17(14)19-12-15)21-8-3-6-16(13-21)22-9-4-10-26(22,24)25/h11-12,16H,1-10,13H2,(H,20,23)/t16-/m1/s1. The molecular weight excluding hydrogens is 352 g/mol. The van der Waals surface area contributed by atoms with Crippen molar-refractivity contribution in [2.45, 2.75) is 51.0 Å². The third-order valence-electron chi connectivity index (χ3n) is 5.65. The van der Waals surface area contributed by atoms with Gasteiger partial charge >= 0.3 is 6.03 Å². The van der Waals surface area contributed by atoms with Gasteiger partial charge in [-0.15, -0.1) is 0 Å². The number of aryl methyl sites for hydroxylation is 2. The molecule has 3 heterocycles. The minimum atomic E-state index is -3.14. The van der Waals surface area contributed by atoms with Crippen LogP contribution < -0.4 is 5.32 Å². The van der Waals surface area contributed by atoms with Crippen molar-refractivity contribution in [3.63, 3.8) is 0 Å². The summed E-state index contributed by atoms with van der Waals surface area (Å²) >= 11 is 0. The first-order valence-corrected chi connectivity index (χ1v) is 11.2. The molecule has 1 atom stereocenters. The van der Waals surface area contributed by atoms with Gasteiger partial charge in [0, 0.05) is 31.4 Å². The Balaban J connectivity index is 1.41. The third-order valence-corrected chi connectivity index (χ3v) is 7.65. The second-order valence-electron chi connectivity index (χ2n) is 7.49. The van der Waals surface area contributed by atoms with E-state index >= 15 is 0 Å². The minimum absolute atomic E-state index is 0.0938. The largest absolute Gasteiger partial charge is 0.323 e. The number of rotatable bonds is 2. The number of fused-ring (bicyclic) bond motifs is 1. The zero-order valence-electron chi connectivity index (χ0n) is 15.0. The fourth-order valence-corrected chi connectivity index (χ4v) is 6.06. The molecule has 1 N–H and O–H groups in total. The van der Waals surface area contributed by atoms with Crippen LogP contribution in [-0.4, -0.2) is 60.1 Å². The first-order chi connectivity index (χ1) is 12.5. The first-order valence-electron chi connectivity index (χ1n) is 9.56. The number of pyridine rings is 1. The van der Waals surface area contributed by atoms with Gasteiger partial charge in [0.05, 0.1) is 17.6 Å². The molecule has 8 heteroatoms. The van der Waals surface area contributed by atoms with Crippen molar-refractivity contribution in [2.75, 3.05) is 30.7 Å². The van der Waals surface area contributed by atoms with Crippen molar-refractivity contribution in [1.29, 1.82) is 0 Å². The van der Waals surface area contributed by atoms with Gasteiger partial charge in [0.25, 0.3) is 0 Å². The maximum Gasteiger partial charge on any atom is 0.321 e. The van der Waals surface area contributed by atoms with Crippen molar-refractivity contribution in [3.8, 4) is 0 Å². The van der Waals surface area contributed by atoms with E-state index in [1.54, 1.807) is 15.4 Å². The number of amides is 2. The number of carbonyl (C=O) groups excluding carboxylic acids is 1. The molecule has 1 aliphatic carbocycles. The smallest absolute Gasteiger partial charge is 0.321 e. The van der Waals surface area contributed by atoms with Gasteiger partial charge in [0.2, 0.25) is 10.0 Å². The molecule has 2 saturated heterocycles. The molecule has 142 valence electrons. The molecule has 1 aromatic rings. The molecule has 4 rings (SSSR count). The number of carbonyl (C=O) groups is 1. The molecule has 0 bridgehead atoms. The van der Waals surface area contributed by atoms with Crippen LogP contribution in [0.3, 0.4) is 0 Å². The SMILES string of the molecule is O=C(Nc1cnc2c(c1)CCCC2)N1CCC[C@@H](N2CCCS2(=O)=O)C1. The van der Waals surface area contributed by atoms with Gasteiger partial charge in [0.1, 0.15) is 0 Å². The topological polar surface area (TPSA) is 82.6 Å². The predicted molar refractivity (Wildman–Crippen MR) is 99.6 cm³/mol. The van der Waals surface area contributed by atoms with E-state index in [4.69, 9.17) is 0 Å². The summed E-state index contributed by atoms with van der Waals surface area (Å²) < 4.78 is 25.9. The van der Waals surface area contributed by atoms with E-state index < -0.39 is 10.0 Å². The van der Waals surface area contributed by atoms with E-state index in [1.807, 2.05) is 6.07 Å². The summed E-state index contributed by atoms with van der Waals surface area (Å²) in [6.07, 6.45) is 8.45. The highest BCUT2D eigenvalue weighted by atomic mass is 32.2. The van der Waals surface area contributed by atoms with Gasteiger partial charge in [0.15, 0.2) is 0 Å². The summed E-state index contributed by atoms with van der Waals surface area (Å²) in [6.45, 7) is 1.70. The summed E-state index contributed by atoms with van der Waals surface area (Å²) in [5.74, 6) is 0.233. The van der Waals surface area contributed by atoms with Crippen LogP contribution in [0.5, 0.6) is 0 Å². The van der Waals surface area contributed by atoms with E-state index in [1.165, 1.54) is 18.4 Å². The summed E-state index contributed by atoms with van der Waals surface area (Å²) in [7, 11) is -3.14. The summed E-state index contributed by atoms with van der Waals surface area (Å²) in [5, 5.41) is 2.95. The highest BCUT2D eigenvalue weighted by molar-refractivity contribution is 7.89. The lowest BCUT2D eigenvalue weighted by Gasteiger charge is -2.36.